The van der Waals surface area contributed by atoms with Crippen molar-refractivity contribution in [2.45, 2.75) is 38.4 Å². The van der Waals surface area contributed by atoms with E-state index in [-0.39, 0.29) is 24.9 Å². The number of carbonyl (C=O) groups is 2. The van der Waals surface area contributed by atoms with E-state index in [9.17, 15) is 9.59 Å². The summed E-state index contributed by atoms with van der Waals surface area (Å²) in [4.78, 5) is 24.6. The highest BCUT2D eigenvalue weighted by atomic mass is 16.7. The number of hydrogen-bond acceptors (Lipinski definition) is 4. The van der Waals surface area contributed by atoms with Crippen LogP contribution in [0, 0.1) is 5.92 Å². The highest BCUT2D eigenvalue weighted by Gasteiger charge is 2.28. The van der Waals surface area contributed by atoms with Gasteiger partial charge in [-0.1, -0.05) is 19.3 Å². The maximum Gasteiger partial charge on any atom is 0.323 e. The Bertz CT molecular complexity index is 297. The second kappa shape index (κ2) is 8.12. The number of carbonyl (C=O) groups excluding carboxylic acids is 1. The first-order valence-electron chi connectivity index (χ1n) is 6.64. The Kier molecular flexibility index (Phi) is 6.80. The average Bonchev–Trinajstić information content (AvgIpc) is 2.43. The SMILES string of the molecule is COC(CN(CC(=O)O)C(=O)C1CCCCC1)OC. The van der Waals surface area contributed by atoms with Gasteiger partial charge in [0.25, 0.3) is 0 Å². The van der Waals surface area contributed by atoms with Gasteiger partial charge in [0.2, 0.25) is 5.91 Å². The van der Waals surface area contributed by atoms with Crippen molar-refractivity contribution < 1.29 is 24.2 Å². The monoisotopic (exact) mass is 273 g/mol. The number of ether oxygens (including phenoxy) is 2. The highest BCUT2D eigenvalue weighted by molar-refractivity contribution is 5.83. The van der Waals surface area contributed by atoms with Gasteiger partial charge in [-0.3, -0.25) is 9.59 Å². The molecule has 0 bridgehead atoms. The standard InChI is InChI=1S/C13H23NO5/c1-18-12(19-2)9-14(8-11(15)16)13(17)10-6-4-3-5-7-10/h10,12H,3-9H2,1-2H3,(H,15,16). The normalized spacial score (nSPS) is 16.6. The van der Waals surface area contributed by atoms with Crippen molar-refractivity contribution in [3.05, 3.63) is 0 Å². The molecular formula is C13H23NO5. The summed E-state index contributed by atoms with van der Waals surface area (Å²) in [6, 6.07) is 0. The van der Waals surface area contributed by atoms with Gasteiger partial charge in [0.05, 0.1) is 6.54 Å². The molecule has 0 spiro atoms. The summed E-state index contributed by atoms with van der Waals surface area (Å²) in [6.45, 7) is -0.160. The van der Waals surface area contributed by atoms with Gasteiger partial charge >= 0.3 is 5.97 Å². The summed E-state index contributed by atoms with van der Waals surface area (Å²) in [5.74, 6) is -1.17. The largest absolute Gasteiger partial charge is 0.480 e. The van der Waals surface area contributed by atoms with Crippen molar-refractivity contribution in [3.8, 4) is 0 Å². The van der Waals surface area contributed by atoms with E-state index in [4.69, 9.17) is 14.6 Å². The number of methoxy groups -OCH3 is 2. The third-order valence-electron chi connectivity index (χ3n) is 3.49. The molecule has 0 heterocycles. The van der Waals surface area contributed by atoms with E-state index >= 15 is 0 Å². The number of rotatable bonds is 7. The molecular weight excluding hydrogens is 250 g/mol. The van der Waals surface area contributed by atoms with Crippen LogP contribution in [0.3, 0.4) is 0 Å². The van der Waals surface area contributed by atoms with Gasteiger partial charge in [0.15, 0.2) is 6.29 Å². The van der Waals surface area contributed by atoms with Gasteiger partial charge in [0, 0.05) is 20.1 Å². The lowest BCUT2D eigenvalue weighted by molar-refractivity contribution is -0.156. The molecule has 0 aromatic rings. The lowest BCUT2D eigenvalue weighted by Crippen LogP contribution is -2.45. The van der Waals surface area contributed by atoms with Gasteiger partial charge in [-0.2, -0.15) is 0 Å². The number of carboxylic acid groups (broad SMARTS) is 1. The maximum atomic E-state index is 12.4. The minimum Gasteiger partial charge on any atom is -0.480 e. The van der Waals surface area contributed by atoms with Crippen molar-refractivity contribution in [1.82, 2.24) is 4.90 Å². The summed E-state index contributed by atoms with van der Waals surface area (Å²) < 4.78 is 10.1. The molecule has 0 unspecified atom stereocenters. The van der Waals surface area contributed by atoms with E-state index in [1.54, 1.807) is 0 Å². The van der Waals surface area contributed by atoms with Crippen LogP contribution in [0.25, 0.3) is 0 Å². The molecule has 1 aliphatic carbocycles. The first-order valence-corrected chi connectivity index (χ1v) is 6.64. The zero-order chi connectivity index (χ0) is 14.3. The second-order valence-electron chi connectivity index (χ2n) is 4.85. The summed E-state index contributed by atoms with van der Waals surface area (Å²) in [5.41, 5.74) is 0. The fourth-order valence-corrected chi connectivity index (χ4v) is 2.43. The molecule has 6 heteroatoms. The third kappa shape index (κ3) is 5.16. The van der Waals surface area contributed by atoms with E-state index < -0.39 is 12.3 Å². The molecule has 1 amide bonds. The van der Waals surface area contributed by atoms with Crippen molar-refractivity contribution in [3.63, 3.8) is 0 Å². The minimum atomic E-state index is -1.02. The van der Waals surface area contributed by atoms with Crippen molar-refractivity contribution in [2.75, 3.05) is 27.3 Å². The number of nitrogens with zero attached hydrogens (tertiary/aromatic N) is 1. The van der Waals surface area contributed by atoms with Crippen LogP contribution in [0.1, 0.15) is 32.1 Å². The predicted molar refractivity (Wildman–Crippen MR) is 68.6 cm³/mol. The summed E-state index contributed by atoms with van der Waals surface area (Å²) in [5, 5.41) is 8.91. The fraction of sp³-hybridized carbons (Fsp3) is 0.846. The molecule has 1 saturated carbocycles. The van der Waals surface area contributed by atoms with Crippen LogP contribution in [0.4, 0.5) is 0 Å². The van der Waals surface area contributed by atoms with Crippen LogP contribution in [0.2, 0.25) is 0 Å². The molecule has 110 valence electrons. The van der Waals surface area contributed by atoms with Crippen molar-refractivity contribution >= 4 is 11.9 Å². The Balaban J connectivity index is 2.65. The molecule has 0 aromatic heterocycles. The molecule has 1 fully saturated rings. The predicted octanol–water partition coefficient (Wildman–Crippen LogP) is 1.10. The molecule has 0 aromatic carbocycles. The zero-order valence-corrected chi connectivity index (χ0v) is 11.6. The molecule has 1 aliphatic rings. The first-order chi connectivity index (χ1) is 9.08. The Labute approximate surface area is 113 Å². The Morgan fingerprint density at radius 3 is 2.26 bits per heavy atom. The number of hydrogen-bond donors (Lipinski definition) is 1. The van der Waals surface area contributed by atoms with Crippen LogP contribution >= 0.6 is 0 Å². The average molecular weight is 273 g/mol. The summed E-state index contributed by atoms with van der Waals surface area (Å²) in [7, 11) is 2.94. The number of amides is 1. The molecule has 0 aliphatic heterocycles. The smallest absolute Gasteiger partial charge is 0.323 e. The van der Waals surface area contributed by atoms with Crippen molar-refractivity contribution in [1.29, 1.82) is 0 Å². The van der Waals surface area contributed by atoms with Crippen LogP contribution < -0.4 is 0 Å². The molecule has 0 saturated heterocycles. The Hall–Kier alpha value is -1.14. The van der Waals surface area contributed by atoms with Crippen molar-refractivity contribution in [2.24, 2.45) is 5.92 Å². The first kappa shape index (κ1) is 15.9. The van der Waals surface area contributed by atoms with E-state index in [0.29, 0.717) is 0 Å². The van der Waals surface area contributed by atoms with E-state index in [2.05, 4.69) is 0 Å². The molecule has 19 heavy (non-hydrogen) atoms. The van der Waals surface area contributed by atoms with Crippen LogP contribution in [-0.4, -0.2) is 55.5 Å². The third-order valence-corrected chi connectivity index (χ3v) is 3.49. The molecule has 0 radical (unpaired) electrons. The van der Waals surface area contributed by atoms with Gasteiger partial charge in [0.1, 0.15) is 6.54 Å². The van der Waals surface area contributed by atoms with E-state index in [1.807, 2.05) is 0 Å². The van der Waals surface area contributed by atoms with Gasteiger partial charge in [-0.15, -0.1) is 0 Å². The van der Waals surface area contributed by atoms with Gasteiger partial charge in [-0.05, 0) is 12.8 Å². The number of carboxylic acids is 1. The molecule has 1 rings (SSSR count). The van der Waals surface area contributed by atoms with Crippen LogP contribution in [0.5, 0.6) is 0 Å². The lowest BCUT2D eigenvalue weighted by atomic mass is 9.88. The van der Waals surface area contributed by atoms with Gasteiger partial charge in [-0.25, -0.2) is 0 Å². The maximum absolute atomic E-state index is 12.4. The van der Waals surface area contributed by atoms with Crippen LogP contribution in [0.15, 0.2) is 0 Å². The summed E-state index contributed by atoms with van der Waals surface area (Å²) >= 11 is 0. The topological polar surface area (TPSA) is 76.1 Å². The molecule has 0 atom stereocenters. The highest BCUT2D eigenvalue weighted by Crippen LogP contribution is 2.25. The molecule has 1 N–H and O–H groups in total. The lowest BCUT2D eigenvalue weighted by Gasteiger charge is -2.30. The fourth-order valence-electron chi connectivity index (χ4n) is 2.43. The number of aliphatic carboxylic acids is 1. The Morgan fingerprint density at radius 2 is 1.79 bits per heavy atom. The zero-order valence-electron chi connectivity index (χ0n) is 11.6. The van der Waals surface area contributed by atoms with Gasteiger partial charge < -0.3 is 19.5 Å². The van der Waals surface area contributed by atoms with Crippen LogP contribution in [-0.2, 0) is 19.1 Å². The summed E-state index contributed by atoms with van der Waals surface area (Å²) in [6.07, 6.45) is 4.33. The molecule has 6 nitrogen and oxygen atoms in total. The Morgan fingerprint density at radius 1 is 1.21 bits per heavy atom. The minimum absolute atomic E-state index is 0.0533. The quantitative estimate of drug-likeness (QED) is 0.703. The van der Waals surface area contributed by atoms with E-state index in [0.717, 1.165) is 32.1 Å². The van der Waals surface area contributed by atoms with E-state index in [1.165, 1.54) is 19.1 Å². The second-order valence-corrected chi connectivity index (χ2v) is 4.85.